The summed E-state index contributed by atoms with van der Waals surface area (Å²) in [6, 6.07) is 14.7. The summed E-state index contributed by atoms with van der Waals surface area (Å²) in [6.07, 6.45) is 1.75. The van der Waals surface area contributed by atoms with Crippen molar-refractivity contribution in [2.24, 2.45) is 11.8 Å². The van der Waals surface area contributed by atoms with E-state index in [9.17, 15) is 17.6 Å². The first-order valence-corrected chi connectivity index (χ1v) is 11.3. The summed E-state index contributed by atoms with van der Waals surface area (Å²) >= 11 is 0. The van der Waals surface area contributed by atoms with Crippen molar-refractivity contribution in [3.8, 4) is 0 Å². The number of carbonyl (C=O) groups excluding carboxylic acids is 1. The quantitative estimate of drug-likeness (QED) is 0.675. The average Bonchev–Trinajstić information content (AvgIpc) is 3.43. The molecule has 5 nitrogen and oxygen atoms in total. The number of benzene rings is 2. The lowest BCUT2D eigenvalue weighted by Crippen LogP contribution is -2.32. The summed E-state index contributed by atoms with van der Waals surface area (Å²) in [5.41, 5.74) is 1.10. The van der Waals surface area contributed by atoms with Crippen LogP contribution in [-0.2, 0) is 14.8 Å². The van der Waals surface area contributed by atoms with Crippen molar-refractivity contribution in [3.05, 3.63) is 66.0 Å². The minimum Gasteiger partial charge on any atom is -0.349 e. The fourth-order valence-corrected chi connectivity index (χ4v) is 4.74. The zero-order valence-electron chi connectivity index (χ0n) is 16.7. The van der Waals surface area contributed by atoms with Gasteiger partial charge < -0.3 is 5.32 Å². The summed E-state index contributed by atoms with van der Waals surface area (Å²) in [7, 11) is -2.23. The van der Waals surface area contributed by atoms with Crippen LogP contribution in [0.2, 0.25) is 0 Å². The molecule has 2 aromatic carbocycles. The van der Waals surface area contributed by atoms with Gasteiger partial charge in [-0.1, -0.05) is 37.3 Å². The Morgan fingerprint density at radius 3 is 2.38 bits per heavy atom. The topological polar surface area (TPSA) is 66.5 Å². The van der Waals surface area contributed by atoms with Gasteiger partial charge in [0.25, 0.3) is 0 Å². The van der Waals surface area contributed by atoms with Crippen LogP contribution < -0.4 is 5.32 Å². The van der Waals surface area contributed by atoms with Gasteiger partial charge in [0.15, 0.2) is 0 Å². The van der Waals surface area contributed by atoms with Gasteiger partial charge >= 0.3 is 0 Å². The molecule has 1 aliphatic carbocycles. The van der Waals surface area contributed by atoms with Crippen LogP contribution in [0.3, 0.4) is 0 Å². The van der Waals surface area contributed by atoms with Crippen molar-refractivity contribution in [1.82, 2.24) is 9.62 Å². The van der Waals surface area contributed by atoms with Crippen LogP contribution in [0.5, 0.6) is 0 Å². The van der Waals surface area contributed by atoms with E-state index in [-0.39, 0.29) is 29.8 Å². The molecule has 0 spiro atoms. The minimum atomic E-state index is -3.70. The molecule has 0 heterocycles. The number of sulfonamides is 1. The highest BCUT2D eigenvalue weighted by molar-refractivity contribution is 7.89. The fraction of sp³-hybridized carbons (Fsp3) is 0.409. The molecular formula is C22H27FN2O3S. The Morgan fingerprint density at radius 2 is 1.79 bits per heavy atom. The third-order valence-electron chi connectivity index (χ3n) is 5.47. The Kier molecular flexibility index (Phi) is 6.70. The van der Waals surface area contributed by atoms with E-state index >= 15 is 0 Å². The summed E-state index contributed by atoms with van der Waals surface area (Å²) in [5, 5.41) is 3.13. The smallest absolute Gasteiger partial charge is 0.242 e. The largest absolute Gasteiger partial charge is 0.349 e. The SMILES string of the molecule is CC1CC1C(NC(=O)CCCN(C)S(=O)(=O)c1ccc(F)cc1)c1ccccc1. The number of amides is 1. The molecular weight excluding hydrogens is 391 g/mol. The van der Waals surface area contributed by atoms with Crippen LogP contribution in [0.4, 0.5) is 4.39 Å². The molecule has 156 valence electrons. The van der Waals surface area contributed by atoms with Gasteiger partial charge in [0.2, 0.25) is 15.9 Å². The van der Waals surface area contributed by atoms with E-state index in [1.165, 1.54) is 23.5 Å². The first-order valence-electron chi connectivity index (χ1n) is 9.85. The van der Waals surface area contributed by atoms with Crippen LogP contribution in [-0.4, -0.2) is 32.2 Å². The first kappa shape index (κ1) is 21.5. The predicted octanol–water partition coefficient (Wildman–Crippen LogP) is 3.74. The highest BCUT2D eigenvalue weighted by Crippen LogP contribution is 2.46. The second-order valence-electron chi connectivity index (χ2n) is 7.72. The first-order chi connectivity index (χ1) is 13.8. The lowest BCUT2D eigenvalue weighted by atomic mass is 10.0. The highest BCUT2D eigenvalue weighted by atomic mass is 32.2. The molecule has 2 aromatic rings. The lowest BCUT2D eigenvalue weighted by molar-refractivity contribution is -0.122. The van der Waals surface area contributed by atoms with Crippen LogP contribution in [0, 0.1) is 17.7 Å². The highest BCUT2D eigenvalue weighted by Gasteiger charge is 2.40. The number of nitrogens with one attached hydrogen (secondary N) is 1. The van der Waals surface area contributed by atoms with Crippen molar-refractivity contribution in [3.63, 3.8) is 0 Å². The van der Waals surface area contributed by atoms with E-state index < -0.39 is 15.8 Å². The molecule has 1 aliphatic rings. The average molecular weight is 419 g/mol. The Morgan fingerprint density at radius 1 is 1.17 bits per heavy atom. The van der Waals surface area contributed by atoms with Crippen LogP contribution in [0.1, 0.15) is 37.8 Å². The van der Waals surface area contributed by atoms with E-state index in [0.29, 0.717) is 18.3 Å². The monoisotopic (exact) mass is 418 g/mol. The lowest BCUT2D eigenvalue weighted by Gasteiger charge is -2.20. The Balaban J connectivity index is 1.53. The van der Waals surface area contributed by atoms with Crippen molar-refractivity contribution in [1.29, 1.82) is 0 Å². The zero-order valence-corrected chi connectivity index (χ0v) is 17.5. The van der Waals surface area contributed by atoms with Gasteiger partial charge in [0, 0.05) is 20.0 Å². The molecule has 0 bridgehead atoms. The van der Waals surface area contributed by atoms with E-state index in [0.717, 1.165) is 24.1 Å². The van der Waals surface area contributed by atoms with E-state index in [1.807, 2.05) is 30.3 Å². The van der Waals surface area contributed by atoms with Crippen LogP contribution >= 0.6 is 0 Å². The fourth-order valence-electron chi connectivity index (χ4n) is 3.53. The normalized spacial score (nSPS) is 19.7. The molecule has 3 rings (SSSR count). The predicted molar refractivity (Wildman–Crippen MR) is 110 cm³/mol. The van der Waals surface area contributed by atoms with Gasteiger partial charge in [0.05, 0.1) is 10.9 Å². The van der Waals surface area contributed by atoms with Gasteiger partial charge in [-0.3, -0.25) is 4.79 Å². The van der Waals surface area contributed by atoms with Crippen LogP contribution in [0.25, 0.3) is 0 Å². The molecule has 1 amide bonds. The van der Waals surface area contributed by atoms with Gasteiger partial charge in [0.1, 0.15) is 5.82 Å². The standard InChI is InChI=1S/C22H27FN2O3S/c1-16-15-20(16)22(17-7-4-3-5-8-17)24-21(26)9-6-14-25(2)29(27,28)19-12-10-18(23)11-13-19/h3-5,7-8,10-13,16,20,22H,6,9,14-15H2,1-2H3,(H,24,26). The molecule has 1 saturated carbocycles. The molecule has 3 unspecified atom stereocenters. The maximum atomic E-state index is 13.0. The summed E-state index contributed by atoms with van der Waals surface area (Å²) < 4.78 is 39.3. The van der Waals surface area contributed by atoms with Gasteiger partial charge in [-0.05, 0) is 54.5 Å². The van der Waals surface area contributed by atoms with Gasteiger partial charge in [-0.25, -0.2) is 17.1 Å². The second kappa shape index (κ2) is 9.05. The second-order valence-corrected chi connectivity index (χ2v) is 9.76. The minimum absolute atomic E-state index is 0.000576. The molecule has 0 radical (unpaired) electrons. The molecule has 0 aliphatic heterocycles. The molecule has 1 fully saturated rings. The number of nitrogens with zero attached hydrogens (tertiary/aromatic N) is 1. The number of hydrogen-bond donors (Lipinski definition) is 1. The number of rotatable bonds is 9. The number of halogens is 1. The number of carbonyl (C=O) groups is 1. The molecule has 1 N–H and O–H groups in total. The molecule has 3 atom stereocenters. The third-order valence-corrected chi connectivity index (χ3v) is 7.34. The van der Waals surface area contributed by atoms with E-state index in [2.05, 4.69) is 12.2 Å². The summed E-state index contributed by atoms with van der Waals surface area (Å²) in [4.78, 5) is 12.5. The van der Waals surface area contributed by atoms with E-state index in [1.54, 1.807) is 0 Å². The Hall–Kier alpha value is -2.25. The van der Waals surface area contributed by atoms with E-state index in [4.69, 9.17) is 0 Å². The Labute approximate surface area is 172 Å². The van der Waals surface area contributed by atoms with Crippen molar-refractivity contribution in [2.75, 3.05) is 13.6 Å². The van der Waals surface area contributed by atoms with Gasteiger partial charge in [-0.2, -0.15) is 0 Å². The van der Waals surface area contributed by atoms with Gasteiger partial charge in [-0.15, -0.1) is 0 Å². The third kappa shape index (κ3) is 5.42. The van der Waals surface area contributed by atoms with Crippen molar-refractivity contribution < 1.29 is 17.6 Å². The van der Waals surface area contributed by atoms with Crippen molar-refractivity contribution in [2.45, 2.75) is 37.1 Å². The maximum absolute atomic E-state index is 13.0. The summed E-state index contributed by atoms with van der Waals surface area (Å²) in [5.74, 6) is 0.474. The molecule has 0 saturated heterocycles. The maximum Gasteiger partial charge on any atom is 0.242 e. The molecule has 0 aromatic heterocycles. The Bertz CT molecular complexity index is 932. The van der Waals surface area contributed by atoms with Crippen LogP contribution in [0.15, 0.2) is 59.5 Å². The number of hydrogen-bond acceptors (Lipinski definition) is 3. The summed E-state index contributed by atoms with van der Waals surface area (Å²) in [6.45, 7) is 2.39. The molecule has 7 heteroatoms. The zero-order chi connectivity index (χ0) is 21.0. The molecule has 29 heavy (non-hydrogen) atoms. The van der Waals surface area contributed by atoms with Crippen molar-refractivity contribution >= 4 is 15.9 Å².